The zero-order valence-electron chi connectivity index (χ0n) is 20.3. The molecule has 0 aliphatic heterocycles. The van der Waals surface area contributed by atoms with Gasteiger partial charge in [-0.2, -0.15) is 9.13 Å². The lowest BCUT2D eigenvalue weighted by atomic mass is 10.1. The number of rotatable bonds is 7. The topological polar surface area (TPSA) is 59.8 Å². The largest absolute Gasteiger partial charge is 1.00 e. The Kier molecular flexibility index (Phi) is 8.99. The molecule has 0 fully saturated rings. The molecule has 0 atom stereocenters. The number of benzene rings is 2. The van der Waals surface area contributed by atoms with Gasteiger partial charge in [0.2, 0.25) is 13.1 Å². The van der Waals surface area contributed by atoms with Crippen LogP contribution in [0.15, 0.2) is 131 Å². The van der Waals surface area contributed by atoms with E-state index in [0.717, 1.165) is 33.8 Å². The fourth-order valence-corrected chi connectivity index (χ4v) is 4.06. The van der Waals surface area contributed by atoms with E-state index in [1.807, 2.05) is 85.5 Å². The summed E-state index contributed by atoms with van der Waals surface area (Å²) >= 11 is 0. The van der Waals surface area contributed by atoms with E-state index in [4.69, 9.17) is 8.83 Å². The van der Waals surface area contributed by atoms with Crippen molar-refractivity contribution in [1.29, 1.82) is 0 Å². The highest BCUT2D eigenvalue weighted by Gasteiger charge is 2.13. The van der Waals surface area contributed by atoms with Crippen LogP contribution in [0.2, 0.25) is 0 Å². The predicted molar refractivity (Wildman–Crippen MR) is 134 cm³/mol. The summed E-state index contributed by atoms with van der Waals surface area (Å²) in [6, 6.07) is 28.4. The van der Waals surface area contributed by atoms with Crippen LogP contribution in [-0.4, -0.2) is 9.97 Å². The minimum absolute atomic E-state index is 0. The molecule has 6 aromatic rings. The molecule has 6 nitrogen and oxygen atoms in total. The quantitative estimate of drug-likeness (QED) is 0.220. The maximum absolute atomic E-state index is 5.93. The lowest BCUT2D eigenvalue weighted by Crippen LogP contribution is -3.00. The molecule has 0 aliphatic rings. The number of hydrogen-bond acceptors (Lipinski definition) is 4. The van der Waals surface area contributed by atoms with Crippen LogP contribution in [0.5, 0.6) is 0 Å². The molecule has 38 heavy (non-hydrogen) atoms. The van der Waals surface area contributed by atoms with Crippen LogP contribution in [0.25, 0.3) is 33.8 Å². The first-order chi connectivity index (χ1) is 17.8. The minimum atomic E-state index is 0. The maximum atomic E-state index is 5.93. The van der Waals surface area contributed by atoms with E-state index in [1.54, 1.807) is 12.4 Å². The Morgan fingerprint density at radius 2 is 0.842 bits per heavy atom. The zero-order valence-corrected chi connectivity index (χ0v) is 23.5. The van der Waals surface area contributed by atoms with Gasteiger partial charge in [0.25, 0.3) is 11.8 Å². The summed E-state index contributed by atoms with van der Waals surface area (Å²) in [6.07, 6.45) is 11.7. The molecule has 0 spiro atoms. The molecule has 0 amide bonds. The van der Waals surface area contributed by atoms with Crippen LogP contribution >= 0.6 is 0 Å². The van der Waals surface area contributed by atoms with Gasteiger partial charge in [-0.25, -0.2) is 9.97 Å². The lowest BCUT2D eigenvalue weighted by Gasteiger charge is -2.01. The highest BCUT2D eigenvalue weighted by molar-refractivity contribution is 5.61. The van der Waals surface area contributed by atoms with Gasteiger partial charge in [-0.3, -0.25) is 0 Å². The van der Waals surface area contributed by atoms with E-state index in [2.05, 4.69) is 43.4 Å². The molecule has 0 radical (unpaired) electrons. The number of aromatic nitrogens is 4. The molecule has 2 aromatic carbocycles. The first-order valence-corrected chi connectivity index (χ1v) is 11.8. The summed E-state index contributed by atoms with van der Waals surface area (Å²) in [5.74, 6) is 2.91. The third kappa shape index (κ3) is 6.33. The molecular formula is C30H24Br2N4O2. The van der Waals surface area contributed by atoms with Crippen LogP contribution in [0.4, 0.5) is 0 Å². The van der Waals surface area contributed by atoms with Gasteiger partial charge in [0.1, 0.15) is 0 Å². The van der Waals surface area contributed by atoms with Crippen LogP contribution < -0.4 is 43.1 Å². The third-order valence-electron chi connectivity index (χ3n) is 5.98. The number of hydrogen-bond donors (Lipinski definition) is 0. The van der Waals surface area contributed by atoms with E-state index in [1.165, 1.54) is 0 Å². The SMILES string of the molecule is [Br-].[Br-].c1ccc(-c2cnc(C[n+]3ccc(-c4cc[n+](Cc5ncc(-c6ccccc6)o5)cc4)cc3)o2)cc1. The molecule has 0 saturated carbocycles. The molecule has 190 valence electrons. The van der Waals surface area contributed by atoms with Gasteiger partial charge in [0.05, 0.1) is 12.4 Å². The van der Waals surface area contributed by atoms with Crippen molar-refractivity contribution < 1.29 is 51.9 Å². The lowest BCUT2D eigenvalue weighted by molar-refractivity contribution is -0.690. The summed E-state index contributed by atoms with van der Waals surface area (Å²) in [4.78, 5) is 8.86. The Bertz CT molecular complexity index is 1450. The Labute approximate surface area is 241 Å². The highest BCUT2D eigenvalue weighted by Crippen LogP contribution is 2.21. The summed E-state index contributed by atoms with van der Waals surface area (Å²) in [5, 5.41) is 0. The van der Waals surface area contributed by atoms with Crippen molar-refractivity contribution in [2.75, 3.05) is 0 Å². The molecule has 0 aliphatic carbocycles. The number of oxazole rings is 2. The van der Waals surface area contributed by atoms with Gasteiger partial charge in [0, 0.05) is 35.4 Å². The Morgan fingerprint density at radius 1 is 0.474 bits per heavy atom. The molecule has 8 heteroatoms. The molecule has 4 aromatic heterocycles. The average Bonchev–Trinajstić information content (AvgIpc) is 3.61. The summed E-state index contributed by atoms with van der Waals surface area (Å²) in [7, 11) is 0. The first-order valence-electron chi connectivity index (χ1n) is 11.8. The van der Waals surface area contributed by atoms with Crippen LogP contribution in [-0.2, 0) is 13.1 Å². The molecule has 0 bridgehead atoms. The van der Waals surface area contributed by atoms with Gasteiger partial charge in [-0.15, -0.1) is 0 Å². The second kappa shape index (κ2) is 12.6. The van der Waals surface area contributed by atoms with E-state index in [-0.39, 0.29) is 34.0 Å². The smallest absolute Gasteiger partial charge is 0.261 e. The van der Waals surface area contributed by atoms with E-state index in [9.17, 15) is 0 Å². The van der Waals surface area contributed by atoms with Gasteiger partial charge in [-0.05, 0) is 11.1 Å². The van der Waals surface area contributed by atoms with Crippen molar-refractivity contribution in [1.82, 2.24) is 9.97 Å². The molecule has 4 heterocycles. The Morgan fingerprint density at radius 3 is 1.21 bits per heavy atom. The maximum Gasteiger partial charge on any atom is 0.261 e. The summed E-state index contributed by atoms with van der Waals surface area (Å²) < 4.78 is 16.0. The van der Waals surface area contributed by atoms with E-state index in [0.29, 0.717) is 24.9 Å². The second-order valence-corrected chi connectivity index (χ2v) is 8.49. The van der Waals surface area contributed by atoms with Gasteiger partial charge in [-0.1, -0.05) is 60.7 Å². The fourth-order valence-electron chi connectivity index (χ4n) is 4.06. The standard InChI is InChI=1S/C30H24N4O2.2BrH/c1-3-7-25(8-4-1)27-19-31-29(35-27)21-33-15-11-23(12-16-33)24-13-17-34(18-14-24)22-30-32-20-28(36-30)26-9-5-2-6-10-26;;/h1-20H,21-22H2;2*1H/q+2;;/p-2. The average molecular weight is 632 g/mol. The van der Waals surface area contributed by atoms with Crippen molar-refractivity contribution in [3.63, 3.8) is 0 Å². The van der Waals surface area contributed by atoms with Crippen molar-refractivity contribution in [2.45, 2.75) is 13.1 Å². The van der Waals surface area contributed by atoms with Gasteiger partial charge >= 0.3 is 0 Å². The molecule has 6 rings (SSSR count). The highest BCUT2D eigenvalue weighted by atomic mass is 79.9. The fraction of sp³-hybridized carbons (Fsp3) is 0.0667. The van der Waals surface area contributed by atoms with Crippen molar-refractivity contribution >= 4 is 0 Å². The summed E-state index contributed by atoms with van der Waals surface area (Å²) in [5.41, 5.74) is 4.33. The first kappa shape index (κ1) is 27.2. The van der Waals surface area contributed by atoms with Gasteiger partial charge in [0.15, 0.2) is 36.3 Å². The number of nitrogens with zero attached hydrogens (tertiary/aromatic N) is 4. The third-order valence-corrected chi connectivity index (χ3v) is 5.98. The number of halogens is 2. The minimum Gasteiger partial charge on any atom is -1.00 e. The van der Waals surface area contributed by atoms with Gasteiger partial charge < -0.3 is 42.8 Å². The Hall–Kier alpha value is -3.88. The monoisotopic (exact) mass is 630 g/mol. The van der Waals surface area contributed by atoms with E-state index >= 15 is 0 Å². The molecule has 0 N–H and O–H groups in total. The Balaban J connectivity index is 0.00000168. The molecule has 0 saturated heterocycles. The predicted octanol–water partition coefficient (Wildman–Crippen LogP) is -0.657. The zero-order chi connectivity index (χ0) is 24.2. The number of pyridine rings is 2. The van der Waals surface area contributed by atoms with Crippen molar-refractivity contribution in [3.05, 3.63) is 134 Å². The molecular weight excluding hydrogens is 608 g/mol. The van der Waals surface area contributed by atoms with Crippen LogP contribution in [0.3, 0.4) is 0 Å². The molecule has 0 unspecified atom stereocenters. The second-order valence-electron chi connectivity index (χ2n) is 8.49. The van der Waals surface area contributed by atoms with E-state index < -0.39 is 0 Å². The normalized spacial score (nSPS) is 10.4. The van der Waals surface area contributed by atoms with Crippen LogP contribution in [0, 0.1) is 0 Å². The van der Waals surface area contributed by atoms with Crippen LogP contribution in [0.1, 0.15) is 11.8 Å². The van der Waals surface area contributed by atoms with Crippen molar-refractivity contribution in [3.8, 4) is 33.8 Å². The van der Waals surface area contributed by atoms with Crippen molar-refractivity contribution in [2.24, 2.45) is 0 Å². The summed E-state index contributed by atoms with van der Waals surface area (Å²) in [6.45, 7) is 1.14.